The van der Waals surface area contributed by atoms with Crippen molar-refractivity contribution < 1.29 is 14.0 Å². The van der Waals surface area contributed by atoms with Crippen LogP contribution in [0.5, 0.6) is 0 Å². The van der Waals surface area contributed by atoms with Gasteiger partial charge in [-0.05, 0) is 61.7 Å². The lowest BCUT2D eigenvalue weighted by Gasteiger charge is -2.37. The van der Waals surface area contributed by atoms with Gasteiger partial charge in [-0.25, -0.2) is 4.39 Å². The third kappa shape index (κ3) is 6.02. The van der Waals surface area contributed by atoms with Gasteiger partial charge in [0.05, 0.1) is 5.92 Å². The second kappa shape index (κ2) is 9.85. The van der Waals surface area contributed by atoms with Gasteiger partial charge in [0.15, 0.2) is 0 Å². The number of halogens is 2. The highest BCUT2D eigenvalue weighted by atomic mass is 35.5. The first kappa shape index (κ1) is 22.8. The summed E-state index contributed by atoms with van der Waals surface area (Å²) in [6.45, 7) is 2.37. The molecule has 2 aromatic rings. The SMILES string of the molecule is CC1(N)CCCCC1C(=O)NCc1ccc(NC(=O)c2ccc(F)cc2)cc1.Cl. The topological polar surface area (TPSA) is 84.2 Å². The third-order valence-corrected chi connectivity index (χ3v) is 5.36. The molecule has 0 saturated heterocycles. The number of carbonyl (C=O) groups is 2. The molecule has 1 saturated carbocycles. The number of carbonyl (C=O) groups excluding carboxylic acids is 2. The van der Waals surface area contributed by atoms with E-state index in [1.807, 2.05) is 19.1 Å². The monoisotopic (exact) mass is 419 g/mol. The van der Waals surface area contributed by atoms with E-state index >= 15 is 0 Å². The highest BCUT2D eigenvalue weighted by molar-refractivity contribution is 6.04. The first-order chi connectivity index (χ1) is 13.3. The number of nitrogens with one attached hydrogen (secondary N) is 2. The first-order valence-corrected chi connectivity index (χ1v) is 9.57. The lowest BCUT2D eigenvalue weighted by atomic mass is 9.74. The molecule has 0 aromatic heterocycles. The average molecular weight is 420 g/mol. The highest BCUT2D eigenvalue weighted by Gasteiger charge is 2.37. The summed E-state index contributed by atoms with van der Waals surface area (Å²) in [5.41, 5.74) is 7.79. The van der Waals surface area contributed by atoms with Crippen LogP contribution >= 0.6 is 12.4 Å². The van der Waals surface area contributed by atoms with E-state index in [4.69, 9.17) is 5.73 Å². The van der Waals surface area contributed by atoms with Crippen LogP contribution in [0.25, 0.3) is 0 Å². The third-order valence-electron chi connectivity index (χ3n) is 5.36. The first-order valence-electron chi connectivity index (χ1n) is 9.57. The van der Waals surface area contributed by atoms with E-state index in [1.54, 1.807) is 12.1 Å². The second-order valence-electron chi connectivity index (χ2n) is 7.68. The molecule has 2 aromatic carbocycles. The van der Waals surface area contributed by atoms with Gasteiger partial charge in [-0.3, -0.25) is 9.59 Å². The number of benzene rings is 2. The summed E-state index contributed by atoms with van der Waals surface area (Å²) in [5.74, 6) is -0.847. The van der Waals surface area contributed by atoms with E-state index in [-0.39, 0.29) is 36.0 Å². The maximum Gasteiger partial charge on any atom is 0.255 e. The van der Waals surface area contributed by atoms with Crippen molar-refractivity contribution in [1.82, 2.24) is 5.32 Å². The fraction of sp³-hybridized carbons (Fsp3) is 0.364. The Morgan fingerprint density at radius 2 is 1.76 bits per heavy atom. The van der Waals surface area contributed by atoms with Gasteiger partial charge in [-0.15, -0.1) is 12.4 Å². The Bertz CT molecular complexity index is 838. The molecule has 7 heteroatoms. The van der Waals surface area contributed by atoms with Crippen molar-refractivity contribution in [2.75, 3.05) is 5.32 Å². The van der Waals surface area contributed by atoms with E-state index in [0.29, 0.717) is 17.8 Å². The van der Waals surface area contributed by atoms with Crippen molar-refractivity contribution in [1.29, 1.82) is 0 Å². The Hall–Kier alpha value is -2.44. The van der Waals surface area contributed by atoms with E-state index in [1.165, 1.54) is 24.3 Å². The van der Waals surface area contributed by atoms with Crippen LogP contribution in [0.4, 0.5) is 10.1 Å². The Labute approximate surface area is 176 Å². The molecular weight excluding hydrogens is 393 g/mol. The largest absolute Gasteiger partial charge is 0.352 e. The normalized spacial score (nSPS) is 21.0. The zero-order valence-electron chi connectivity index (χ0n) is 16.4. The molecular formula is C22H27ClFN3O2. The quantitative estimate of drug-likeness (QED) is 0.684. The number of rotatable bonds is 5. The van der Waals surface area contributed by atoms with Crippen LogP contribution in [-0.2, 0) is 11.3 Å². The summed E-state index contributed by atoms with van der Waals surface area (Å²) in [6, 6.07) is 12.6. The van der Waals surface area contributed by atoms with Gasteiger partial charge in [0.2, 0.25) is 5.91 Å². The standard InChI is InChI=1S/C22H26FN3O2.ClH/c1-22(24)13-3-2-4-19(22)21(28)25-14-15-5-11-18(12-6-15)26-20(27)16-7-9-17(23)10-8-16;/h5-12,19H,2-4,13-14,24H2,1H3,(H,25,28)(H,26,27);1H. The molecule has 29 heavy (non-hydrogen) atoms. The van der Waals surface area contributed by atoms with Gasteiger partial charge in [0.1, 0.15) is 5.82 Å². The Balaban J connectivity index is 0.00000300. The van der Waals surface area contributed by atoms with E-state index in [0.717, 1.165) is 31.2 Å². The molecule has 0 aliphatic heterocycles. The Morgan fingerprint density at radius 1 is 1.10 bits per heavy atom. The van der Waals surface area contributed by atoms with Crippen LogP contribution in [0.15, 0.2) is 48.5 Å². The molecule has 2 amide bonds. The van der Waals surface area contributed by atoms with Crippen LogP contribution in [0, 0.1) is 11.7 Å². The number of hydrogen-bond acceptors (Lipinski definition) is 3. The van der Waals surface area contributed by atoms with Crippen molar-refractivity contribution in [2.45, 2.75) is 44.7 Å². The summed E-state index contributed by atoms with van der Waals surface area (Å²) >= 11 is 0. The van der Waals surface area contributed by atoms with Crippen molar-refractivity contribution in [3.05, 3.63) is 65.5 Å². The minimum Gasteiger partial charge on any atom is -0.352 e. The molecule has 0 radical (unpaired) electrons. The van der Waals surface area contributed by atoms with Crippen LogP contribution in [0.1, 0.15) is 48.5 Å². The molecule has 5 nitrogen and oxygen atoms in total. The average Bonchev–Trinajstić information content (AvgIpc) is 2.67. The number of nitrogens with two attached hydrogens (primary N) is 1. The van der Waals surface area contributed by atoms with Gasteiger partial charge < -0.3 is 16.4 Å². The summed E-state index contributed by atoms with van der Waals surface area (Å²) in [7, 11) is 0. The molecule has 156 valence electrons. The van der Waals surface area contributed by atoms with Crippen molar-refractivity contribution in [3.63, 3.8) is 0 Å². The summed E-state index contributed by atoms with van der Waals surface area (Å²) in [4.78, 5) is 24.7. The molecule has 1 aliphatic rings. The van der Waals surface area contributed by atoms with Crippen molar-refractivity contribution in [2.24, 2.45) is 11.7 Å². The second-order valence-corrected chi connectivity index (χ2v) is 7.68. The smallest absolute Gasteiger partial charge is 0.255 e. The van der Waals surface area contributed by atoms with Gasteiger partial charge in [0, 0.05) is 23.3 Å². The molecule has 0 heterocycles. The Kier molecular flexibility index (Phi) is 7.76. The fourth-order valence-electron chi connectivity index (χ4n) is 3.61. The highest BCUT2D eigenvalue weighted by Crippen LogP contribution is 2.31. The molecule has 0 bridgehead atoms. The zero-order valence-corrected chi connectivity index (χ0v) is 17.2. The van der Waals surface area contributed by atoms with Gasteiger partial charge in [-0.2, -0.15) is 0 Å². The minimum atomic E-state index is -0.448. The number of hydrogen-bond donors (Lipinski definition) is 3. The lowest BCUT2D eigenvalue weighted by molar-refractivity contribution is -0.128. The predicted molar refractivity (Wildman–Crippen MR) is 114 cm³/mol. The van der Waals surface area contributed by atoms with E-state index in [9.17, 15) is 14.0 Å². The molecule has 1 fully saturated rings. The Morgan fingerprint density at radius 3 is 2.38 bits per heavy atom. The molecule has 3 rings (SSSR count). The number of amides is 2. The summed E-state index contributed by atoms with van der Waals surface area (Å²) in [6.07, 6.45) is 3.80. The fourth-order valence-corrected chi connectivity index (χ4v) is 3.61. The summed E-state index contributed by atoms with van der Waals surface area (Å²) in [5, 5.41) is 5.74. The van der Waals surface area contributed by atoms with Gasteiger partial charge in [0.25, 0.3) is 5.91 Å². The minimum absolute atomic E-state index is 0. The van der Waals surface area contributed by atoms with Crippen LogP contribution in [0.2, 0.25) is 0 Å². The zero-order chi connectivity index (χ0) is 20.1. The molecule has 2 unspecified atom stereocenters. The van der Waals surface area contributed by atoms with Crippen molar-refractivity contribution in [3.8, 4) is 0 Å². The van der Waals surface area contributed by atoms with Crippen molar-refractivity contribution >= 4 is 29.9 Å². The van der Waals surface area contributed by atoms with E-state index in [2.05, 4.69) is 10.6 Å². The van der Waals surface area contributed by atoms with Gasteiger partial charge >= 0.3 is 0 Å². The van der Waals surface area contributed by atoms with Crippen LogP contribution < -0.4 is 16.4 Å². The molecule has 4 N–H and O–H groups in total. The van der Waals surface area contributed by atoms with E-state index < -0.39 is 5.54 Å². The van der Waals surface area contributed by atoms with Crippen LogP contribution in [0.3, 0.4) is 0 Å². The molecule has 0 spiro atoms. The van der Waals surface area contributed by atoms with Gasteiger partial charge in [-0.1, -0.05) is 25.0 Å². The summed E-state index contributed by atoms with van der Waals surface area (Å²) < 4.78 is 12.9. The molecule has 2 atom stereocenters. The van der Waals surface area contributed by atoms with Crippen LogP contribution in [-0.4, -0.2) is 17.4 Å². The number of anilines is 1. The predicted octanol–water partition coefficient (Wildman–Crippen LogP) is 4.02. The maximum atomic E-state index is 12.9. The lowest BCUT2D eigenvalue weighted by Crippen LogP contribution is -2.52. The maximum absolute atomic E-state index is 12.9. The molecule has 1 aliphatic carbocycles.